The summed E-state index contributed by atoms with van der Waals surface area (Å²) in [5.41, 5.74) is 2.51. The summed E-state index contributed by atoms with van der Waals surface area (Å²) in [5, 5.41) is 9.65. The molecule has 1 amide bonds. The van der Waals surface area contributed by atoms with Crippen LogP contribution in [0.3, 0.4) is 0 Å². The number of guanidine groups is 1. The lowest BCUT2D eigenvalue weighted by Gasteiger charge is -2.31. The summed E-state index contributed by atoms with van der Waals surface area (Å²) in [6, 6.07) is 10.6. The summed E-state index contributed by atoms with van der Waals surface area (Å²) in [6.07, 6.45) is 3.22. The largest absolute Gasteiger partial charge is 0.357 e. The predicted octanol–water partition coefficient (Wildman–Crippen LogP) is 4.42. The van der Waals surface area contributed by atoms with Gasteiger partial charge in [0, 0.05) is 25.0 Å². The summed E-state index contributed by atoms with van der Waals surface area (Å²) in [5.74, 6) is 1.85. The van der Waals surface area contributed by atoms with Crippen LogP contribution in [0, 0.1) is 5.92 Å². The number of amides is 1. The van der Waals surface area contributed by atoms with Crippen molar-refractivity contribution in [2.75, 3.05) is 26.2 Å². The van der Waals surface area contributed by atoms with Crippen LogP contribution in [0.4, 0.5) is 0 Å². The molecule has 0 saturated carbocycles. The van der Waals surface area contributed by atoms with Crippen LogP contribution < -0.4 is 10.6 Å². The van der Waals surface area contributed by atoms with Crippen LogP contribution >= 0.6 is 35.3 Å². The number of hydrogen-bond acceptors (Lipinski definition) is 4. The highest BCUT2D eigenvalue weighted by Gasteiger charge is 2.22. The number of likely N-dealkylation sites (tertiary alicyclic amines) is 1. The number of benzene rings is 1. The standard InChI is InChI=1S/C24H35N5OS.HI/c1-4-25-24(26-15-22-28-21(17-31-22)18(2)3)27-16-23(30)29-12-10-20(11-13-29)14-19-8-6-5-7-9-19;/h5-9,17-18,20H,4,10-16H2,1-3H3,(H2,25,26,27);1H. The van der Waals surface area contributed by atoms with E-state index in [4.69, 9.17) is 0 Å². The molecule has 1 fully saturated rings. The van der Waals surface area contributed by atoms with E-state index >= 15 is 0 Å². The van der Waals surface area contributed by atoms with Gasteiger partial charge in [-0.3, -0.25) is 4.79 Å². The molecule has 0 radical (unpaired) electrons. The molecule has 1 aromatic carbocycles. The van der Waals surface area contributed by atoms with E-state index in [9.17, 15) is 4.79 Å². The Morgan fingerprint density at radius 3 is 2.56 bits per heavy atom. The topological polar surface area (TPSA) is 69.6 Å². The molecule has 6 nitrogen and oxygen atoms in total. The minimum Gasteiger partial charge on any atom is -0.357 e. The van der Waals surface area contributed by atoms with E-state index in [0.717, 1.165) is 49.6 Å². The monoisotopic (exact) mass is 569 g/mol. The Labute approximate surface area is 213 Å². The van der Waals surface area contributed by atoms with Gasteiger partial charge in [0.05, 0.1) is 12.2 Å². The Hall–Kier alpha value is -1.68. The highest BCUT2D eigenvalue weighted by molar-refractivity contribution is 14.0. The third-order valence-corrected chi connectivity index (χ3v) is 6.49. The fourth-order valence-corrected chi connectivity index (χ4v) is 4.65. The van der Waals surface area contributed by atoms with E-state index in [0.29, 0.717) is 24.3 Å². The first-order valence-electron chi connectivity index (χ1n) is 11.3. The van der Waals surface area contributed by atoms with E-state index in [-0.39, 0.29) is 36.4 Å². The van der Waals surface area contributed by atoms with Gasteiger partial charge < -0.3 is 15.5 Å². The molecule has 176 valence electrons. The summed E-state index contributed by atoms with van der Waals surface area (Å²) in [6.45, 7) is 9.51. The van der Waals surface area contributed by atoms with Crippen LogP contribution in [0.2, 0.25) is 0 Å². The summed E-state index contributed by atoms with van der Waals surface area (Å²) in [4.78, 5) is 23.8. The van der Waals surface area contributed by atoms with Crippen molar-refractivity contribution in [1.82, 2.24) is 20.5 Å². The van der Waals surface area contributed by atoms with E-state index in [1.807, 2.05) is 11.8 Å². The summed E-state index contributed by atoms with van der Waals surface area (Å²) in [7, 11) is 0. The van der Waals surface area contributed by atoms with Crippen LogP contribution in [0.15, 0.2) is 40.7 Å². The summed E-state index contributed by atoms with van der Waals surface area (Å²) >= 11 is 1.65. The zero-order valence-electron chi connectivity index (χ0n) is 19.3. The van der Waals surface area contributed by atoms with Crippen molar-refractivity contribution >= 4 is 47.2 Å². The third kappa shape index (κ3) is 8.35. The van der Waals surface area contributed by atoms with Gasteiger partial charge in [-0.15, -0.1) is 35.3 Å². The number of aliphatic imine (C=N–C) groups is 1. The Kier molecular flexibility index (Phi) is 11.4. The van der Waals surface area contributed by atoms with Gasteiger partial charge in [0.1, 0.15) is 11.6 Å². The van der Waals surface area contributed by atoms with E-state index in [1.165, 1.54) is 5.56 Å². The molecule has 0 unspecified atom stereocenters. The van der Waals surface area contributed by atoms with Gasteiger partial charge in [-0.1, -0.05) is 44.2 Å². The number of halogens is 1. The molecule has 1 aliphatic rings. The molecule has 0 atom stereocenters. The maximum Gasteiger partial charge on any atom is 0.244 e. The van der Waals surface area contributed by atoms with Gasteiger partial charge in [0.15, 0.2) is 5.96 Å². The maximum atomic E-state index is 12.7. The number of hydrogen-bond donors (Lipinski definition) is 2. The van der Waals surface area contributed by atoms with Crippen molar-refractivity contribution in [3.63, 3.8) is 0 Å². The number of nitrogens with zero attached hydrogens (tertiary/aromatic N) is 3. The molecule has 0 spiro atoms. The van der Waals surface area contributed by atoms with Gasteiger partial charge in [-0.25, -0.2) is 9.98 Å². The molecule has 1 aromatic heterocycles. The fraction of sp³-hybridized carbons (Fsp3) is 0.542. The van der Waals surface area contributed by atoms with E-state index in [1.54, 1.807) is 11.3 Å². The van der Waals surface area contributed by atoms with Crippen LogP contribution in [0.5, 0.6) is 0 Å². The lowest BCUT2D eigenvalue weighted by atomic mass is 9.90. The second kappa shape index (κ2) is 13.8. The first-order chi connectivity index (χ1) is 15.0. The van der Waals surface area contributed by atoms with Gasteiger partial charge in [0.25, 0.3) is 0 Å². The van der Waals surface area contributed by atoms with Gasteiger partial charge in [-0.2, -0.15) is 0 Å². The molecule has 1 aliphatic heterocycles. The third-order valence-electron chi connectivity index (χ3n) is 5.62. The zero-order valence-corrected chi connectivity index (χ0v) is 22.5. The molecule has 2 heterocycles. The first kappa shape index (κ1) is 26.6. The molecule has 0 bridgehead atoms. The minimum atomic E-state index is 0. The molecule has 0 aliphatic carbocycles. The van der Waals surface area contributed by atoms with Crippen molar-refractivity contribution in [3.8, 4) is 0 Å². The average molecular weight is 570 g/mol. The molecule has 1 saturated heterocycles. The minimum absolute atomic E-state index is 0. The number of rotatable bonds is 8. The van der Waals surface area contributed by atoms with Crippen LogP contribution in [-0.4, -0.2) is 47.9 Å². The molecule has 2 aromatic rings. The molecule has 32 heavy (non-hydrogen) atoms. The second-order valence-corrected chi connectivity index (χ2v) is 9.33. The Morgan fingerprint density at radius 1 is 1.22 bits per heavy atom. The molecule has 2 N–H and O–H groups in total. The van der Waals surface area contributed by atoms with E-state index in [2.05, 4.69) is 70.2 Å². The SMILES string of the molecule is CCNC(=NCC(=O)N1CCC(Cc2ccccc2)CC1)NCc1nc(C(C)C)cs1.I. The maximum absolute atomic E-state index is 12.7. The van der Waals surface area contributed by atoms with Gasteiger partial charge in [0.2, 0.25) is 5.91 Å². The van der Waals surface area contributed by atoms with E-state index < -0.39 is 0 Å². The van der Waals surface area contributed by atoms with Crippen molar-refractivity contribution in [3.05, 3.63) is 52.0 Å². The number of carbonyl (C=O) groups excluding carboxylic acids is 1. The fourth-order valence-electron chi connectivity index (χ4n) is 3.75. The molecule has 8 heteroatoms. The summed E-state index contributed by atoms with van der Waals surface area (Å²) < 4.78 is 0. The highest BCUT2D eigenvalue weighted by Crippen LogP contribution is 2.22. The van der Waals surface area contributed by atoms with Gasteiger partial charge in [-0.05, 0) is 43.6 Å². The van der Waals surface area contributed by atoms with Crippen molar-refractivity contribution in [2.24, 2.45) is 10.9 Å². The quantitative estimate of drug-likeness (QED) is 0.281. The van der Waals surface area contributed by atoms with Crippen molar-refractivity contribution in [2.45, 2.75) is 52.5 Å². The Balaban J connectivity index is 0.00000363. The number of nitrogens with one attached hydrogen (secondary N) is 2. The highest BCUT2D eigenvalue weighted by atomic mass is 127. The van der Waals surface area contributed by atoms with Gasteiger partial charge >= 0.3 is 0 Å². The lowest BCUT2D eigenvalue weighted by molar-refractivity contribution is -0.130. The Morgan fingerprint density at radius 2 is 1.94 bits per heavy atom. The number of piperidine rings is 1. The zero-order chi connectivity index (χ0) is 22.1. The van der Waals surface area contributed by atoms with Crippen molar-refractivity contribution < 1.29 is 4.79 Å². The second-order valence-electron chi connectivity index (χ2n) is 8.38. The smallest absolute Gasteiger partial charge is 0.244 e. The molecule has 3 rings (SSSR count). The van der Waals surface area contributed by atoms with Crippen LogP contribution in [0.25, 0.3) is 0 Å². The number of carbonyl (C=O) groups is 1. The molecular formula is C24H36IN5OS. The Bertz CT molecular complexity index is 847. The molecular weight excluding hydrogens is 533 g/mol. The lowest BCUT2D eigenvalue weighted by Crippen LogP contribution is -2.41. The van der Waals surface area contributed by atoms with Crippen LogP contribution in [-0.2, 0) is 17.8 Å². The predicted molar refractivity (Wildman–Crippen MR) is 144 cm³/mol. The first-order valence-corrected chi connectivity index (χ1v) is 12.2. The number of thiazole rings is 1. The average Bonchev–Trinajstić information content (AvgIpc) is 3.26. The van der Waals surface area contributed by atoms with Crippen molar-refractivity contribution in [1.29, 1.82) is 0 Å². The number of aromatic nitrogens is 1. The van der Waals surface area contributed by atoms with Crippen LogP contribution in [0.1, 0.15) is 55.8 Å². The normalized spacial score (nSPS) is 14.9.